The summed E-state index contributed by atoms with van der Waals surface area (Å²) >= 11 is 0. The second-order valence-corrected chi connectivity index (χ2v) is 16.9. The lowest BCUT2D eigenvalue weighted by Crippen LogP contribution is -2.18. The van der Waals surface area contributed by atoms with E-state index in [0.29, 0.717) is 0 Å². The standard InChI is InChI=1S/C17H26OSi2/c1-18-17-10-8-15(9-11-17)16(14-20(5,6)7)12-13-19(2,3)4/h8-11,14H,1-7H3/b16-14+. The monoisotopic (exact) mass is 302 g/mol. The Balaban J connectivity index is 3.22. The molecule has 0 saturated carbocycles. The molecular weight excluding hydrogens is 276 g/mol. The van der Waals surface area contributed by atoms with Crippen LogP contribution < -0.4 is 4.74 Å². The summed E-state index contributed by atoms with van der Waals surface area (Å²) in [4.78, 5) is 0. The van der Waals surface area contributed by atoms with Gasteiger partial charge >= 0.3 is 0 Å². The van der Waals surface area contributed by atoms with Crippen molar-refractivity contribution in [2.24, 2.45) is 0 Å². The van der Waals surface area contributed by atoms with Crippen LogP contribution in [0.1, 0.15) is 5.56 Å². The zero-order chi connectivity index (χ0) is 15.4. The molecule has 0 unspecified atom stereocenters. The number of allylic oxidation sites excluding steroid dienone is 1. The molecule has 1 aromatic rings. The summed E-state index contributed by atoms with van der Waals surface area (Å²) in [6.07, 6.45) is 0. The molecule has 0 bridgehead atoms. The van der Waals surface area contributed by atoms with Gasteiger partial charge in [-0.1, -0.05) is 63.0 Å². The van der Waals surface area contributed by atoms with Crippen molar-refractivity contribution in [3.8, 4) is 17.2 Å². The largest absolute Gasteiger partial charge is 0.497 e. The van der Waals surface area contributed by atoms with Crippen LogP contribution in [0, 0.1) is 11.5 Å². The van der Waals surface area contributed by atoms with Gasteiger partial charge in [-0.15, -0.1) is 5.54 Å². The maximum Gasteiger partial charge on any atom is 0.129 e. The minimum Gasteiger partial charge on any atom is -0.497 e. The third-order valence-corrected chi connectivity index (χ3v) is 4.58. The highest BCUT2D eigenvalue weighted by Crippen LogP contribution is 2.21. The van der Waals surface area contributed by atoms with E-state index in [4.69, 9.17) is 4.74 Å². The predicted octanol–water partition coefficient (Wildman–Crippen LogP) is 4.84. The molecule has 0 aliphatic heterocycles. The number of rotatable bonds is 3. The van der Waals surface area contributed by atoms with E-state index in [9.17, 15) is 0 Å². The molecule has 0 atom stereocenters. The van der Waals surface area contributed by atoms with Crippen LogP contribution in [0.25, 0.3) is 5.57 Å². The molecule has 108 valence electrons. The van der Waals surface area contributed by atoms with Crippen molar-refractivity contribution in [1.82, 2.24) is 0 Å². The Kier molecular flexibility index (Phi) is 5.44. The first-order chi connectivity index (χ1) is 9.11. The van der Waals surface area contributed by atoms with Crippen LogP contribution in [0.15, 0.2) is 30.0 Å². The Hall–Kier alpha value is -1.25. The third-order valence-electron chi connectivity index (χ3n) is 2.55. The lowest BCUT2D eigenvalue weighted by atomic mass is 10.1. The maximum atomic E-state index is 5.22. The van der Waals surface area contributed by atoms with E-state index in [1.165, 1.54) is 11.1 Å². The highest BCUT2D eigenvalue weighted by Gasteiger charge is 2.13. The molecule has 0 saturated heterocycles. The Morgan fingerprint density at radius 3 is 1.95 bits per heavy atom. The molecule has 1 nitrogen and oxygen atoms in total. The Labute approximate surface area is 126 Å². The first kappa shape index (κ1) is 16.8. The molecule has 0 amide bonds. The summed E-state index contributed by atoms with van der Waals surface area (Å²) in [6, 6.07) is 8.21. The fourth-order valence-electron chi connectivity index (χ4n) is 1.65. The highest BCUT2D eigenvalue weighted by atomic mass is 28.3. The summed E-state index contributed by atoms with van der Waals surface area (Å²) in [7, 11) is -0.966. The van der Waals surface area contributed by atoms with Gasteiger partial charge in [-0.05, 0) is 17.7 Å². The quantitative estimate of drug-likeness (QED) is 0.573. The summed E-state index contributed by atoms with van der Waals surface area (Å²) in [5.74, 6) is 4.32. The average molecular weight is 303 g/mol. The van der Waals surface area contributed by atoms with Gasteiger partial charge in [-0.2, -0.15) is 0 Å². The van der Waals surface area contributed by atoms with E-state index in [1.54, 1.807) is 7.11 Å². The van der Waals surface area contributed by atoms with Crippen molar-refractivity contribution in [3.05, 3.63) is 35.5 Å². The van der Waals surface area contributed by atoms with Gasteiger partial charge in [0.15, 0.2) is 0 Å². The van der Waals surface area contributed by atoms with Gasteiger partial charge in [-0.25, -0.2) is 0 Å². The Morgan fingerprint density at radius 1 is 1.00 bits per heavy atom. The lowest BCUT2D eigenvalue weighted by molar-refractivity contribution is 0.415. The van der Waals surface area contributed by atoms with Crippen molar-refractivity contribution in [1.29, 1.82) is 0 Å². The van der Waals surface area contributed by atoms with Gasteiger partial charge in [0, 0.05) is 5.57 Å². The van der Waals surface area contributed by atoms with Crippen LogP contribution >= 0.6 is 0 Å². The molecule has 20 heavy (non-hydrogen) atoms. The number of benzene rings is 1. The molecule has 0 aliphatic carbocycles. The van der Waals surface area contributed by atoms with Crippen molar-refractivity contribution in [2.45, 2.75) is 39.3 Å². The third kappa shape index (κ3) is 6.27. The first-order valence-electron chi connectivity index (χ1n) is 7.01. The van der Waals surface area contributed by atoms with Gasteiger partial charge < -0.3 is 4.74 Å². The fraction of sp³-hybridized carbons (Fsp3) is 0.412. The summed E-state index contributed by atoms with van der Waals surface area (Å²) < 4.78 is 5.22. The van der Waals surface area contributed by atoms with Gasteiger partial charge in [0.2, 0.25) is 0 Å². The molecule has 0 aliphatic rings. The van der Waals surface area contributed by atoms with Crippen molar-refractivity contribution in [3.63, 3.8) is 0 Å². The second kappa shape index (κ2) is 6.47. The predicted molar refractivity (Wildman–Crippen MR) is 95.4 cm³/mol. The number of methoxy groups -OCH3 is 1. The van der Waals surface area contributed by atoms with E-state index < -0.39 is 16.1 Å². The van der Waals surface area contributed by atoms with Gasteiger partial charge in [0.05, 0.1) is 15.2 Å². The summed E-state index contributed by atoms with van der Waals surface area (Å²) in [5, 5.41) is 0. The molecule has 3 heteroatoms. The number of hydrogen-bond acceptors (Lipinski definition) is 1. The topological polar surface area (TPSA) is 9.23 Å². The summed E-state index contributed by atoms with van der Waals surface area (Å²) in [6.45, 7) is 13.9. The van der Waals surface area contributed by atoms with Crippen LogP contribution in [0.4, 0.5) is 0 Å². The van der Waals surface area contributed by atoms with E-state index in [0.717, 1.165) is 5.75 Å². The summed E-state index contributed by atoms with van der Waals surface area (Å²) in [5.41, 5.74) is 8.24. The number of hydrogen-bond donors (Lipinski definition) is 0. The van der Waals surface area contributed by atoms with E-state index in [-0.39, 0.29) is 0 Å². The molecule has 1 rings (SSSR count). The lowest BCUT2D eigenvalue weighted by Gasteiger charge is -2.13. The van der Waals surface area contributed by atoms with Crippen molar-refractivity contribution >= 4 is 21.7 Å². The Morgan fingerprint density at radius 2 is 1.55 bits per heavy atom. The molecule has 0 spiro atoms. The highest BCUT2D eigenvalue weighted by molar-refractivity contribution is 6.84. The molecule has 0 heterocycles. The van der Waals surface area contributed by atoms with E-state index >= 15 is 0 Å². The number of ether oxygens (including phenoxy) is 1. The van der Waals surface area contributed by atoms with Crippen LogP contribution in [-0.4, -0.2) is 23.3 Å². The minimum absolute atomic E-state index is 0.888. The van der Waals surface area contributed by atoms with E-state index in [1.807, 2.05) is 12.1 Å². The van der Waals surface area contributed by atoms with Crippen molar-refractivity contribution < 1.29 is 4.74 Å². The maximum absolute atomic E-state index is 5.22. The Bertz CT molecular complexity index is 532. The molecule has 0 radical (unpaired) electrons. The fourth-order valence-corrected chi connectivity index (χ4v) is 3.26. The zero-order valence-corrected chi connectivity index (χ0v) is 15.8. The molecule has 0 aromatic heterocycles. The second-order valence-electron chi connectivity index (χ2n) is 7.15. The van der Waals surface area contributed by atoms with Crippen LogP contribution in [-0.2, 0) is 0 Å². The average Bonchev–Trinajstić information content (AvgIpc) is 2.32. The van der Waals surface area contributed by atoms with Crippen LogP contribution in [0.5, 0.6) is 5.75 Å². The van der Waals surface area contributed by atoms with E-state index in [2.05, 4.69) is 68.6 Å². The van der Waals surface area contributed by atoms with Gasteiger partial charge in [0.1, 0.15) is 13.8 Å². The van der Waals surface area contributed by atoms with Crippen molar-refractivity contribution in [2.75, 3.05) is 7.11 Å². The molecule has 0 N–H and O–H groups in total. The van der Waals surface area contributed by atoms with Gasteiger partial charge in [-0.3, -0.25) is 0 Å². The smallest absolute Gasteiger partial charge is 0.129 e. The zero-order valence-electron chi connectivity index (χ0n) is 13.8. The van der Waals surface area contributed by atoms with Crippen LogP contribution in [0.2, 0.25) is 39.3 Å². The molecular formula is C17H26OSi2. The normalized spacial score (nSPS) is 12.7. The molecule has 0 fully saturated rings. The first-order valence-corrected chi connectivity index (χ1v) is 14.1. The minimum atomic E-state index is -1.36. The molecule has 1 aromatic carbocycles. The van der Waals surface area contributed by atoms with Crippen LogP contribution in [0.3, 0.4) is 0 Å². The van der Waals surface area contributed by atoms with Gasteiger partial charge in [0.25, 0.3) is 0 Å². The SMILES string of the molecule is COc1ccc(/C(C#C[Si](C)(C)C)=C/[Si](C)(C)C)cc1.